The van der Waals surface area contributed by atoms with Crippen LogP contribution < -0.4 is 0 Å². The quantitative estimate of drug-likeness (QED) is 0.863. The monoisotopic (exact) mass is 291 g/mol. The maximum absolute atomic E-state index is 12.1. The first-order chi connectivity index (χ1) is 9.50. The Morgan fingerprint density at radius 2 is 2.05 bits per heavy atom. The van der Waals surface area contributed by atoms with E-state index >= 15 is 0 Å². The summed E-state index contributed by atoms with van der Waals surface area (Å²) in [6, 6.07) is 4.93. The number of hydrogen-bond donors (Lipinski definition) is 1. The summed E-state index contributed by atoms with van der Waals surface area (Å²) in [5.41, 5.74) is 1.84. The van der Waals surface area contributed by atoms with Gasteiger partial charge in [-0.25, -0.2) is 4.79 Å². The highest BCUT2D eigenvalue weighted by Gasteiger charge is 2.40. The first-order valence-corrected chi connectivity index (χ1v) is 6.67. The van der Waals surface area contributed by atoms with Crippen LogP contribution in [-0.2, 0) is 11.2 Å². The van der Waals surface area contributed by atoms with Gasteiger partial charge >= 0.3 is 6.03 Å². The van der Waals surface area contributed by atoms with Gasteiger partial charge in [-0.1, -0.05) is 23.7 Å². The minimum absolute atomic E-state index is 0.172. The molecule has 104 valence electrons. The zero-order chi connectivity index (χ0) is 14.4. The number of carbonyl (C=O) groups is 2. The Morgan fingerprint density at radius 3 is 2.70 bits per heavy atom. The van der Waals surface area contributed by atoms with E-state index in [2.05, 4.69) is 4.98 Å². The fourth-order valence-corrected chi connectivity index (χ4v) is 2.86. The Kier molecular flexibility index (Phi) is 2.94. The van der Waals surface area contributed by atoms with Crippen LogP contribution in [0.2, 0.25) is 5.02 Å². The first kappa shape index (κ1) is 13.0. The number of benzene rings is 1. The summed E-state index contributed by atoms with van der Waals surface area (Å²) in [5, 5.41) is 1.63. The first-order valence-electron chi connectivity index (χ1n) is 6.29. The predicted molar refractivity (Wildman–Crippen MR) is 76.7 cm³/mol. The standard InChI is InChI=1S/C14H14ClN3O2/c1-17-11(13(19)18(2)14(17)20)6-8-7-16-12-9(8)4-3-5-10(12)15/h3-5,7,11,16H,6H2,1-2H3. The number of urea groups is 1. The lowest BCUT2D eigenvalue weighted by Gasteiger charge is -2.15. The van der Waals surface area contributed by atoms with Crippen LogP contribution in [0.15, 0.2) is 24.4 Å². The van der Waals surface area contributed by atoms with Crippen molar-refractivity contribution < 1.29 is 9.59 Å². The second-order valence-electron chi connectivity index (χ2n) is 4.99. The molecule has 1 aliphatic heterocycles. The molecule has 1 fully saturated rings. The molecule has 1 aromatic heterocycles. The third-order valence-corrected chi connectivity index (χ3v) is 4.15. The van der Waals surface area contributed by atoms with Crippen LogP contribution in [0, 0.1) is 0 Å². The van der Waals surface area contributed by atoms with Crippen molar-refractivity contribution in [3.05, 3.63) is 35.0 Å². The van der Waals surface area contributed by atoms with Crippen LogP contribution in [0.4, 0.5) is 4.79 Å². The molecule has 0 saturated carbocycles. The number of H-pyrrole nitrogens is 1. The van der Waals surface area contributed by atoms with Crippen molar-refractivity contribution in [2.75, 3.05) is 14.1 Å². The molecule has 5 nitrogen and oxygen atoms in total. The smallest absolute Gasteiger partial charge is 0.326 e. The predicted octanol–water partition coefficient (Wildman–Crippen LogP) is 2.26. The molecule has 1 aromatic carbocycles. The van der Waals surface area contributed by atoms with E-state index in [0.717, 1.165) is 21.4 Å². The van der Waals surface area contributed by atoms with Crippen molar-refractivity contribution >= 4 is 34.4 Å². The summed E-state index contributed by atoms with van der Waals surface area (Å²) < 4.78 is 0. The number of hydrogen-bond acceptors (Lipinski definition) is 2. The summed E-state index contributed by atoms with van der Waals surface area (Å²) in [4.78, 5) is 29.6. The number of halogens is 1. The lowest BCUT2D eigenvalue weighted by molar-refractivity contribution is -0.127. The van der Waals surface area contributed by atoms with Crippen molar-refractivity contribution in [3.63, 3.8) is 0 Å². The van der Waals surface area contributed by atoms with Crippen LogP contribution >= 0.6 is 11.6 Å². The molecule has 1 atom stereocenters. The van der Waals surface area contributed by atoms with Gasteiger partial charge in [0.2, 0.25) is 0 Å². The number of aromatic nitrogens is 1. The van der Waals surface area contributed by atoms with Gasteiger partial charge in [0, 0.05) is 32.1 Å². The van der Waals surface area contributed by atoms with Crippen LogP contribution in [-0.4, -0.2) is 46.9 Å². The van der Waals surface area contributed by atoms with Crippen LogP contribution in [0.25, 0.3) is 10.9 Å². The normalized spacial score (nSPS) is 19.4. The number of nitrogens with one attached hydrogen (secondary N) is 1. The molecule has 1 aliphatic rings. The molecule has 3 amide bonds. The molecule has 2 aromatic rings. The third-order valence-electron chi connectivity index (χ3n) is 3.84. The molecular formula is C14H14ClN3O2. The summed E-state index contributed by atoms with van der Waals surface area (Å²) in [7, 11) is 3.16. The number of rotatable bonds is 2. The van der Waals surface area contributed by atoms with E-state index in [-0.39, 0.29) is 11.9 Å². The summed E-state index contributed by atoms with van der Waals surface area (Å²) in [6.45, 7) is 0. The van der Waals surface area contributed by atoms with Crippen molar-refractivity contribution in [1.82, 2.24) is 14.8 Å². The van der Waals surface area contributed by atoms with E-state index in [4.69, 9.17) is 11.6 Å². The number of para-hydroxylation sites is 1. The number of nitrogens with zero attached hydrogens (tertiary/aromatic N) is 2. The fraction of sp³-hybridized carbons (Fsp3) is 0.286. The van der Waals surface area contributed by atoms with Gasteiger partial charge in [0.1, 0.15) is 6.04 Å². The van der Waals surface area contributed by atoms with Gasteiger partial charge in [0.25, 0.3) is 5.91 Å². The Bertz CT molecular complexity index is 710. The fourth-order valence-electron chi connectivity index (χ4n) is 2.63. The van der Waals surface area contributed by atoms with E-state index in [0.29, 0.717) is 11.4 Å². The van der Waals surface area contributed by atoms with Gasteiger partial charge in [0.05, 0.1) is 10.5 Å². The molecule has 0 spiro atoms. The van der Waals surface area contributed by atoms with E-state index in [1.165, 1.54) is 11.9 Å². The topological polar surface area (TPSA) is 56.4 Å². The number of imide groups is 1. The Hall–Kier alpha value is -2.01. The molecular weight excluding hydrogens is 278 g/mol. The minimum Gasteiger partial charge on any atom is -0.360 e. The molecule has 0 radical (unpaired) electrons. The van der Waals surface area contributed by atoms with E-state index in [1.54, 1.807) is 7.05 Å². The molecule has 0 bridgehead atoms. The SMILES string of the molecule is CN1C(=O)C(Cc2c[nH]c3c(Cl)cccc23)N(C)C1=O. The van der Waals surface area contributed by atoms with Crippen molar-refractivity contribution in [2.24, 2.45) is 0 Å². The maximum atomic E-state index is 12.1. The second kappa shape index (κ2) is 4.52. The highest BCUT2D eigenvalue weighted by atomic mass is 35.5. The van der Waals surface area contributed by atoms with Crippen LogP contribution in [0.3, 0.4) is 0 Å². The van der Waals surface area contributed by atoms with E-state index in [1.807, 2.05) is 24.4 Å². The number of fused-ring (bicyclic) bond motifs is 1. The summed E-state index contributed by atoms with van der Waals surface area (Å²) in [6.07, 6.45) is 2.33. The molecule has 1 saturated heterocycles. The summed E-state index contributed by atoms with van der Waals surface area (Å²) >= 11 is 6.12. The molecule has 1 N–H and O–H groups in total. The highest BCUT2D eigenvalue weighted by molar-refractivity contribution is 6.35. The highest BCUT2D eigenvalue weighted by Crippen LogP contribution is 2.27. The zero-order valence-electron chi connectivity index (χ0n) is 11.2. The number of amides is 3. The van der Waals surface area contributed by atoms with Crippen molar-refractivity contribution in [3.8, 4) is 0 Å². The van der Waals surface area contributed by atoms with Gasteiger partial charge in [-0.3, -0.25) is 9.69 Å². The Balaban J connectivity index is 1.96. The maximum Gasteiger partial charge on any atom is 0.326 e. The minimum atomic E-state index is -0.453. The zero-order valence-corrected chi connectivity index (χ0v) is 11.9. The van der Waals surface area contributed by atoms with E-state index in [9.17, 15) is 9.59 Å². The molecule has 2 heterocycles. The van der Waals surface area contributed by atoms with Gasteiger partial charge in [0.15, 0.2) is 0 Å². The van der Waals surface area contributed by atoms with Gasteiger partial charge in [-0.15, -0.1) is 0 Å². The van der Waals surface area contributed by atoms with E-state index < -0.39 is 6.04 Å². The summed E-state index contributed by atoms with van der Waals surface area (Å²) in [5.74, 6) is -0.172. The lowest BCUT2D eigenvalue weighted by atomic mass is 10.0. The average Bonchev–Trinajstić information content (AvgIpc) is 2.92. The number of aromatic amines is 1. The van der Waals surface area contributed by atoms with Gasteiger partial charge in [-0.2, -0.15) is 0 Å². The second-order valence-corrected chi connectivity index (χ2v) is 5.39. The molecule has 20 heavy (non-hydrogen) atoms. The number of carbonyl (C=O) groups excluding carboxylic acids is 2. The largest absolute Gasteiger partial charge is 0.360 e. The van der Waals surface area contributed by atoms with Crippen LogP contribution in [0.5, 0.6) is 0 Å². The van der Waals surface area contributed by atoms with Crippen molar-refractivity contribution in [2.45, 2.75) is 12.5 Å². The van der Waals surface area contributed by atoms with Gasteiger partial charge in [-0.05, 0) is 11.6 Å². The third kappa shape index (κ3) is 1.78. The van der Waals surface area contributed by atoms with Gasteiger partial charge < -0.3 is 9.88 Å². The molecule has 1 unspecified atom stereocenters. The lowest BCUT2D eigenvalue weighted by Crippen LogP contribution is -2.33. The van der Waals surface area contributed by atoms with Crippen LogP contribution in [0.1, 0.15) is 5.56 Å². The average molecular weight is 292 g/mol. The van der Waals surface area contributed by atoms with Crippen molar-refractivity contribution in [1.29, 1.82) is 0 Å². The molecule has 3 rings (SSSR count). The molecule has 6 heteroatoms. The number of likely N-dealkylation sites (N-methyl/N-ethyl adjacent to an activating group) is 2. The Morgan fingerprint density at radius 1 is 1.30 bits per heavy atom. The molecule has 0 aliphatic carbocycles. The Labute approximate surface area is 121 Å².